The summed E-state index contributed by atoms with van der Waals surface area (Å²) in [6.07, 6.45) is 1.23. The van der Waals surface area contributed by atoms with Gasteiger partial charge in [0.1, 0.15) is 5.76 Å². The third kappa shape index (κ3) is 3.30. The number of aromatic nitrogens is 1. The van der Waals surface area contributed by atoms with E-state index in [0.717, 1.165) is 37.6 Å². The monoisotopic (exact) mass is 237 g/mol. The van der Waals surface area contributed by atoms with Crippen molar-refractivity contribution >= 4 is 0 Å². The Bertz CT molecular complexity index is 350. The summed E-state index contributed by atoms with van der Waals surface area (Å²) < 4.78 is 5.10. The number of rotatable bonds is 4. The van der Waals surface area contributed by atoms with E-state index in [2.05, 4.69) is 29.2 Å². The van der Waals surface area contributed by atoms with Crippen molar-refractivity contribution < 1.29 is 4.52 Å². The van der Waals surface area contributed by atoms with E-state index in [1.54, 1.807) is 0 Å². The first kappa shape index (κ1) is 12.6. The van der Waals surface area contributed by atoms with Gasteiger partial charge in [0.25, 0.3) is 0 Å². The fraction of sp³-hybridized carbons (Fsp3) is 0.769. The summed E-state index contributed by atoms with van der Waals surface area (Å²) in [6, 6.07) is 2.71. The molecule has 0 spiro atoms. The van der Waals surface area contributed by atoms with Crippen LogP contribution in [0, 0.1) is 12.8 Å². The molecule has 0 bridgehead atoms. The largest absolute Gasteiger partial charge is 0.361 e. The molecule has 0 saturated carbocycles. The molecule has 2 heterocycles. The number of likely N-dealkylation sites (tertiary alicyclic amines) is 1. The Morgan fingerprint density at radius 3 is 3.00 bits per heavy atom. The number of aryl methyl sites for hydroxylation is 1. The molecule has 4 nitrogen and oxygen atoms in total. The summed E-state index contributed by atoms with van der Waals surface area (Å²) in [5.74, 6) is 1.60. The van der Waals surface area contributed by atoms with E-state index in [1.807, 2.05) is 13.0 Å². The van der Waals surface area contributed by atoms with Gasteiger partial charge in [-0.05, 0) is 25.8 Å². The molecule has 96 valence electrons. The van der Waals surface area contributed by atoms with Crippen LogP contribution in [0.2, 0.25) is 0 Å². The van der Waals surface area contributed by atoms with Crippen molar-refractivity contribution in [2.24, 2.45) is 5.92 Å². The molecule has 1 aromatic rings. The van der Waals surface area contributed by atoms with Crippen molar-refractivity contribution in [1.82, 2.24) is 15.4 Å². The van der Waals surface area contributed by atoms with Crippen molar-refractivity contribution in [3.05, 3.63) is 17.5 Å². The van der Waals surface area contributed by atoms with Crippen molar-refractivity contribution in [2.45, 2.75) is 39.8 Å². The van der Waals surface area contributed by atoms with E-state index >= 15 is 0 Å². The average molecular weight is 237 g/mol. The van der Waals surface area contributed by atoms with Crippen molar-refractivity contribution in [1.29, 1.82) is 0 Å². The highest BCUT2D eigenvalue weighted by Crippen LogP contribution is 2.18. The number of piperidine rings is 1. The summed E-state index contributed by atoms with van der Waals surface area (Å²) in [5, 5.41) is 7.62. The molecule has 0 aliphatic carbocycles. The lowest BCUT2D eigenvalue weighted by molar-refractivity contribution is 0.139. The van der Waals surface area contributed by atoms with E-state index in [9.17, 15) is 0 Å². The Labute approximate surface area is 103 Å². The Kier molecular flexibility index (Phi) is 4.18. The minimum atomic E-state index is 0.676. The standard InChI is InChI=1S/C13H23N3O/c1-4-14-13-5-6-16(8-10(13)2)9-12-7-11(3)17-15-12/h7,10,13-14H,4-6,8-9H2,1-3H3. The summed E-state index contributed by atoms with van der Waals surface area (Å²) in [7, 11) is 0. The molecular formula is C13H23N3O. The SMILES string of the molecule is CCNC1CCN(Cc2cc(C)on2)CC1C. The van der Waals surface area contributed by atoms with Gasteiger partial charge in [0, 0.05) is 31.7 Å². The van der Waals surface area contributed by atoms with Crippen LogP contribution in [-0.4, -0.2) is 35.7 Å². The van der Waals surface area contributed by atoms with E-state index < -0.39 is 0 Å². The van der Waals surface area contributed by atoms with Gasteiger partial charge in [0.2, 0.25) is 0 Å². The van der Waals surface area contributed by atoms with Crippen LogP contribution in [0.15, 0.2) is 10.6 Å². The predicted molar refractivity (Wildman–Crippen MR) is 67.8 cm³/mol. The molecule has 17 heavy (non-hydrogen) atoms. The predicted octanol–water partition coefficient (Wildman–Crippen LogP) is 1.80. The smallest absolute Gasteiger partial charge is 0.133 e. The van der Waals surface area contributed by atoms with Crippen molar-refractivity contribution in [3.63, 3.8) is 0 Å². The highest BCUT2D eigenvalue weighted by molar-refractivity contribution is 5.03. The first-order valence-electron chi connectivity index (χ1n) is 6.57. The summed E-state index contributed by atoms with van der Waals surface area (Å²) in [4.78, 5) is 2.47. The van der Waals surface area contributed by atoms with Crippen LogP contribution in [0.25, 0.3) is 0 Å². The molecule has 1 aliphatic rings. The molecule has 2 rings (SSSR count). The van der Waals surface area contributed by atoms with Gasteiger partial charge in [-0.15, -0.1) is 0 Å². The van der Waals surface area contributed by atoms with Crippen LogP contribution < -0.4 is 5.32 Å². The van der Waals surface area contributed by atoms with E-state index in [0.29, 0.717) is 12.0 Å². The van der Waals surface area contributed by atoms with Gasteiger partial charge in [-0.1, -0.05) is 19.0 Å². The zero-order valence-corrected chi connectivity index (χ0v) is 11.1. The van der Waals surface area contributed by atoms with E-state index in [1.165, 1.54) is 6.42 Å². The maximum Gasteiger partial charge on any atom is 0.133 e. The molecular weight excluding hydrogens is 214 g/mol. The fourth-order valence-electron chi connectivity index (χ4n) is 2.66. The minimum absolute atomic E-state index is 0.676. The van der Waals surface area contributed by atoms with Crippen molar-refractivity contribution in [3.8, 4) is 0 Å². The first-order chi connectivity index (χ1) is 8.19. The molecule has 0 radical (unpaired) electrons. The number of nitrogens with one attached hydrogen (secondary N) is 1. The molecule has 2 unspecified atom stereocenters. The van der Waals surface area contributed by atoms with Crippen molar-refractivity contribution in [2.75, 3.05) is 19.6 Å². The zero-order chi connectivity index (χ0) is 12.3. The van der Waals surface area contributed by atoms with Gasteiger partial charge in [0.05, 0.1) is 5.69 Å². The summed E-state index contributed by atoms with van der Waals surface area (Å²) in [5.41, 5.74) is 1.05. The van der Waals surface area contributed by atoms with E-state index in [4.69, 9.17) is 4.52 Å². The molecule has 1 saturated heterocycles. The highest BCUT2D eigenvalue weighted by Gasteiger charge is 2.25. The summed E-state index contributed by atoms with van der Waals surface area (Å²) >= 11 is 0. The maximum atomic E-state index is 5.10. The second kappa shape index (κ2) is 5.65. The molecule has 2 atom stereocenters. The molecule has 0 amide bonds. The second-order valence-electron chi connectivity index (χ2n) is 5.09. The number of hydrogen-bond acceptors (Lipinski definition) is 4. The third-order valence-electron chi connectivity index (χ3n) is 3.52. The van der Waals surface area contributed by atoms with Crippen LogP contribution in [0.1, 0.15) is 31.7 Å². The molecule has 1 aromatic heterocycles. The Hall–Kier alpha value is -0.870. The Balaban J connectivity index is 1.85. The van der Waals surface area contributed by atoms with Crippen LogP contribution in [0.4, 0.5) is 0 Å². The van der Waals surface area contributed by atoms with Gasteiger partial charge in [-0.3, -0.25) is 4.90 Å². The molecule has 1 N–H and O–H groups in total. The summed E-state index contributed by atoms with van der Waals surface area (Å²) in [6.45, 7) is 10.7. The lowest BCUT2D eigenvalue weighted by atomic mass is 9.94. The molecule has 4 heteroatoms. The lowest BCUT2D eigenvalue weighted by Crippen LogP contribution is -2.47. The topological polar surface area (TPSA) is 41.3 Å². The molecule has 1 aliphatic heterocycles. The quantitative estimate of drug-likeness (QED) is 0.867. The van der Waals surface area contributed by atoms with Gasteiger partial charge in [0.15, 0.2) is 0 Å². The van der Waals surface area contributed by atoms with Gasteiger partial charge in [-0.2, -0.15) is 0 Å². The van der Waals surface area contributed by atoms with Crippen LogP contribution in [-0.2, 0) is 6.54 Å². The fourth-order valence-corrected chi connectivity index (χ4v) is 2.66. The Morgan fingerprint density at radius 2 is 2.41 bits per heavy atom. The van der Waals surface area contributed by atoms with Crippen LogP contribution in [0.5, 0.6) is 0 Å². The zero-order valence-electron chi connectivity index (χ0n) is 11.1. The number of hydrogen-bond donors (Lipinski definition) is 1. The van der Waals surface area contributed by atoms with Gasteiger partial charge < -0.3 is 9.84 Å². The second-order valence-corrected chi connectivity index (χ2v) is 5.09. The number of nitrogens with zero attached hydrogens (tertiary/aromatic N) is 2. The van der Waals surface area contributed by atoms with Crippen LogP contribution in [0.3, 0.4) is 0 Å². The van der Waals surface area contributed by atoms with E-state index in [-0.39, 0.29) is 0 Å². The van der Waals surface area contributed by atoms with Gasteiger partial charge in [-0.25, -0.2) is 0 Å². The lowest BCUT2D eigenvalue weighted by Gasteiger charge is -2.36. The normalized spacial score (nSPS) is 26.3. The molecule has 0 aromatic carbocycles. The average Bonchev–Trinajstić information content (AvgIpc) is 2.68. The van der Waals surface area contributed by atoms with Gasteiger partial charge >= 0.3 is 0 Å². The minimum Gasteiger partial charge on any atom is -0.361 e. The maximum absolute atomic E-state index is 5.10. The molecule has 1 fully saturated rings. The third-order valence-corrected chi connectivity index (χ3v) is 3.52. The van der Waals surface area contributed by atoms with Crippen LogP contribution >= 0.6 is 0 Å². The Morgan fingerprint density at radius 1 is 1.59 bits per heavy atom. The highest BCUT2D eigenvalue weighted by atomic mass is 16.5. The first-order valence-corrected chi connectivity index (χ1v) is 6.57.